The lowest BCUT2D eigenvalue weighted by molar-refractivity contribution is 0.351. The van der Waals surface area contributed by atoms with Crippen LogP contribution in [0.15, 0.2) is 12.1 Å². The van der Waals surface area contributed by atoms with Crippen molar-refractivity contribution in [1.29, 1.82) is 0 Å². The molecule has 96 valence electrons. The third kappa shape index (κ3) is 3.89. The summed E-state index contributed by atoms with van der Waals surface area (Å²) in [6.45, 7) is 0.953. The number of hydrogen-bond donors (Lipinski definition) is 1. The van der Waals surface area contributed by atoms with Crippen LogP contribution in [0.5, 0.6) is 11.5 Å². The van der Waals surface area contributed by atoms with Gasteiger partial charge in [-0.15, -0.1) is 0 Å². The van der Waals surface area contributed by atoms with Crippen LogP contribution in [0, 0.1) is 5.82 Å². The van der Waals surface area contributed by atoms with Gasteiger partial charge in [-0.3, -0.25) is 0 Å². The molecule has 0 saturated carbocycles. The Balaban J connectivity index is 2.71. The van der Waals surface area contributed by atoms with Gasteiger partial charge in [0.1, 0.15) is 5.82 Å². The Labute approximate surface area is 102 Å². The first-order valence-electron chi connectivity index (χ1n) is 5.78. The van der Waals surface area contributed by atoms with Crippen LogP contribution in [0.4, 0.5) is 4.39 Å². The summed E-state index contributed by atoms with van der Waals surface area (Å²) in [5, 5.41) is 3.07. The number of ether oxygens (including phenoxy) is 2. The van der Waals surface area contributed by atoms with Crippen molar-refractivity contribution in [3.63, 3.8) is 0 Å². The fraction of sp³-hybridized carbons (Fsp3) is 0.538. The van der Waals surface area contributed by atoms with Gasteiger partial charge in [-0.25, -0.2) is 4.39 Å². The van der Waals surface area contributed by atoms with Gasteiger partial charge in [0.2, 0.25) is 0 Å². The van der Waals surface area contributed by atoms with Crippen molar-refractivity contribution in [2.24, 2.45) is 0 Å². The fourth-order valence-electron chi connectivity index (χ4n) is 1.71. The van der Waals surface area contributed by atoms with Crippen molar-refractivity contribution in [3.05, 3.63) is 23.5 Å². The predicted molar refractivity (Wildman–Crippen MR) is 66.4 cm³/mol. The predicted octanol–water partition coefficient (Wildman–Crippen LogP) is 2.39. The molecule has 0 aliphatic heterocycles. The van der Waals surface area contributed by atoms with Crippen molar-refractivity contribution in [2.75, 3.05) is 27.8 Å². The van der Waals surface area contributed by atoms with Crippen LogP contribution >= 0.6 is 0 Å². The molecule has 0 spiro atoms. The van der Waals surface area contributed by atoms with Gasteiger partial charge in [-0.1, -0.05) is 0 Å². The number of nitrogens with one attached hydrogen (secondary N) is 1. The molecule has 1 rings (SSSR count). The first-order chi connectivity index (χ1) is 8.22. The van der Waals surface area contributed by atoms with Crippen LogP contribution in [-0.4, -0.2) is 27.8 Å². The van der Waals surface area contributed by atoms with E-state index in [2.05, 4.69) is 5.32 Å². The summed E-state index contributed by atoms with van der Waals surface area (Å²) in [7, 11) is 4.97. The average molecular weight is 241 g/mol. The number of hydrogen-bond acceptors (Lipinski definition) is 3. The molecule has 0 aromatic heterocycles. The second-order valence-electron chi connectivity index (χ2n) is 3.86. The first-order valence-corrected chi connectivity index (χ1v) is 5.78. The van der Waals surface area contributed by atoms with Crippen LogP contribution in [0.1, 0.15) is 18.4 Å². The van der Waals surface area contributed by atoms with Gasteiger partial charge in [-0.05, 0) is 44.5 Å². The molecule has 1 aromatic carbocycles. The number of methoxy groups -OCH3 is 2. The lowest BCUT2D eigenvalue weighted by Gasteiger charge is -2.10. The van der Waals surface area contributed by atoms with E-state index in [4.69, 9.17) is 9.47 Å². The highest BCUT2D eigenvalue weighted by molar-refractivity contribution is 5.43. The van der Waals surface area contributed by atoms with Crippen molar-refractivity contribution < 1.29 is 13.9 Å². The zero-order valence-corrected chi connectivity index (χ0v) is 10.7. The Morgan fingerprint density at radius 1 is 1.12 bits per heavy atom. The van der Waals surface area contributed by atoms with Crippen molar-refractivity contribution in [2.45, 2.75) is 19.3 Å². The van der Waals surface area contributed by atoms with E-state index in [0.717, 1.165) is 19.4 Å². The van der Waals surface area contributed by atoms with Crippen LogP contribution < -0.4 is 14.8 Å². The zero-order valence-electron chi connectivity index (χ0n) is 10.7. The van der Waals surface area contributed by atoms with E-state index >= 15 is 0 Å². The molecule has 17 heavy (non-hydrogen) atoms. The number of rotatable bonds is 7. The largest absolute Gasteiger partial charge is 0.493 e. The lowest BCUT2D eigenvalue weighted by atomic mass is 10.1. The number of aryl methyl sites for hydroxylation is 1. The summed E-state index contributed by atoms with van der Waals surface area (Å²) in [5.41, 5.74) is 0.679. The SMILES string of the molecule is CNCCCCc1cc(OC)c(OC)cc1F. The van der Waals surface area contributed by atoms with Crippen molar-refractivity contribution >= 4 is 0 Å². The van der Waals surface area contributed by atoms with Crippen LogP contribution in [0.2, 0.25) is 0 Å². The normalized spacial score (nSPS) is 10.4. The molecule has 1 N–H and O–H groups in total. The molecule has 3 nitrogen and oxygen atoms in total. The number of halogens is 1. The van der Waals surface area contributed by atoms with Crippen LogP contribution in [0.25, 0.3) is 0 Å². The maximum atomic E-state index is 13.7. The number of benzene rings is 1. The van der Waals surface area contributed by atoms with E-state index in [1.165, 1.54) is 13.2 Å². The minimum Gasteiger partial charge on any atom is -0.493 e. The topological polar surface area (TPSA) is 30.5 Å². The Morgan fingerprint density at radius 2 is 1.76 bits per heavy atom. The maximum Gasteiger partial charge on any atom is 0.163 e. The van der Waals surface area contributed by atoms with Gasteiger partial charge in [-0.2, -0.15) is 0 Å². The third-order valence-corrected chi connectivity index (χ3v) is 2.68. The highest BCUT2D eigenvalue weighted by Gasteiger charge is 2.10. The van der Waals surface area contributed by atoms with E-state index in [0.29, 0.717) is 23.5 Å². The highest BCUT2D eigenvalue weighted by atomic mass is 19.1. The average Bonchev–Trinajstić information content (AvgIpc) is 2.35. The molecule has 0 saturated heterocycles. The monoisotopic (exact) mass is 241 g/mol. The Bertz CT molecular complexity index is 356. The standard InChI is InChI=1S/C13H20FNO2/c1-15-7-5-4-6-10-8-12(16-2)13(17-3)9-11(10)14/h8-9,15H,4-7H2,1-3H3. The molecule has 0 heterocycles. The molecule has 0 aliphatic rings. The molecular weight excluding hydrogens is 221 g/mol. The molecule has 0 fully saturated rings. The van der Waals surface area contributed by atoms with Gasteiger partial charge in [0.05, 0.1) is 14.2 Å². The minimum atomic E-state index is -0.230. The second-order valence-corrected chi connectivity index (χ2v) is 3.86. The Morgan fingerprint density at radius 3 is 2.35 bits per heavy atom. The second kappa shape index (κ2) is 7.12. The molecule has 0 atom stereocenters. The summed E-state index contributed by atoms with van der Waals surface area (Å²) in [4.78, 5) is 0. The highest BCUT2D eigenvalue weighted by Crippen LogP contribution is 2.30. The fourth-order valence-corrected chi connectivity index (χ4v) is 1.71. The van der Waals surface area contributed by atoms with Crippen molar-refractivity contribution in [1.82, 2.24) is 5.32 Å². The third-order valence-electron chi connectivity index (χ3n) is 2.68. The van der Waals surface area contributed by atoms with Gasteiger partial charge >= 0.3 is 0 Å². The molecular formula is C13H20FNO2. The molecule has 0 radical (unpaired) electrons. The summed E-state index contributed by atoms with van der Waals surface area (Å²) < 4.78 is 23.9. The van der Waals surface area contributed by atoms with E-state index in [1.54, 1.807) is 13.2 Å². The molecule has 0 amide bonds. The van der Waals surface area contributed by atoms with E-state index in [1.807, 2.05) is 7.05 Å². The van der Waals surface area contributed by atoms with Gasteiger partial charge < -0.3 is 14.8 Å². The Hall–Kier alpha value is -1.29. The molecule has 0 bridgehead atoms. The van der Waals surface area contributed by atoms with Crippen molar-refractivity contribution in [3.8, 4) is 11.5 Å². The molecule has 1 aromatic rings. The summed E-state index contributed by atoms with van der Waals surface area (Å²) in [6, 6.07) is 3.10. The van der Waals surface area contributed by atoms with E-state index in [9.17, 15) is 4.39 Å². The quantitative estimate of drug-likeness (QED) is 0.743. The lowest BCUT2D eigenvalue weighted by Crippen LogP contribution is -2.07. The molecule has 0 unspecified atom stereocenters. The van der Waals surface area contributed by atoms with Gasteiger partial charge in [0.25, 0.3) is 0 Å². The van der Waals surface area contributed by atoms with Crippen LogP contribution in [-0.2, 0) is 6.42 Å². The Kier molecular flexibility index (Phi) is 5.77. The minimum absolute atomic E-state index is 0.230. The zero-order chi connectivity index (χ0) is 12.7. The maximum absolute atomic E-state index is 13.7. The summed E-state index contributed by atoms with van der Waals surface area (Å²) >= 11 is 0. The van der Waals surface area contributed by atoms with E-state index in [-0.39, 0.29) is 5.82 Å². The first kappa shape index (κ1) is 13.8. The van der Waals surface area contributed by atoms with Gasteiger partial charge in [0, 0.05) is 6.07 Å². The smallest absolute Gasteiger partial charge is 0.163 e. The number of unbranched alkanes of at least 4 members (excludes halogenated alkanes) is 1. The summed E-state index contributed by atoms with van der Waals surface area (Å²) in [5.74, 6) is 0.786. The van der Waals surface area contributed by atoms with E-state index < -0.39 is 0 Å². The van der Waals surface area contributed by atoms with Crippen LogP contribution in [0.3, 0.4) is 0 Å². The van der Waals surface area contributed by atoms with Gasteiger partial charge in [0.15, 0.2) is 11.5 Å². The molecule has 0 aliphatic carbocycles. The molecule has 4 heteroatoms. The summed E-state index contributed by atoms with van der Waals surface area (Å²) in [6.07, 6.45) is 2.70.